The number of hydrogen-bond acceptors (Lipinski definition) is 6. The number of nitrogens with zero attached hydrogens (tertiary/aromatic N) is 3. The Kier molecular flexibility index (Phi) is 6.93. The maximum atomic E-state index is 6.46. The Morgan fingerprint density at radius 3 is 1.57 bits per heavy atom. The van der Waals surface area contributed by atoms with Crippen LogP contribution in [-0.4, -0.2) is 15.0 Å². The smallest absolute Gasteiger partial charge is 0.170 e. The molecule has 0 unspecified atom stereocenters. The number of thiophene rings is 1. The molecular weight excluding hydrogens is 647 g/mol. The van der Waals surface area contributed by atoms with Crippen molar-refractivity contribution < 1.29 is 9.47 Å². The van der Waals surface area contributed by atoms with E-state index in [1.807, 2.05) is 102 Å². The second-order valence-corrected chi connectivity index (χ2v) is 13.5. The first kappa shape index (κ1) is 29.3. The molecule has 51 heavy (non-hydrogen) atoms. The van der Waals surface area contributed by atoms with E-state index >= 15 is 0 Å². The standard InChI is InChI=1S/C45H27N3O2S/c1-3-11-28(12-4-1)43-46-44(29-13-5-2-6-14-29)48-45(47-43)33-16-9-15-30(25-33)31-21-23-37-39(26-31)49-38-24-22-32(27-40(38)50-37)34-18-10-19-36-35-17-7-8-20-41(35)51-42(34)36/h1-27H. The summed E-state index contributed by atoms with van der Waals surface area (Å²) in [4.78, 5) is 14.7. The van der Waals surface area contributed by atoms with Gasteiger partial charge in [-0.25, -0.2) is 15.0 Å². The summed E-state index contributed by atoms with van der Waals surface area (Å²) in [5.74, 6) is 4.61. The Hall–Kier alpha value is -6.63. The zero-order chi connectivity index (χ0) is 33.7. The lowest BCUT2D eigenvalue weighted by molar-refractivity contribution is 0.360. The van der Waals surface area contributed by atoms with E-state index < -0.39 is 0 Å². The van der Waals surface area contributed by atoms with Crippen molar-refractivity contribution in [3.63, 3.8) is 0 Å². The fourth-order valence-corrected chi connectivity index (χ4v) is 7.92. The molecule has 3 heterocycles. The minimum atomic E-state index is 0.609. The average molecular weight is 674 g/mol. The van der Waals surface area contributed by atoms with Crippen LogP contribution in [0.4, 0.5) is 0 Å². The lowest BCUT2D eigenvalue weighted by atomic mass is 10.0. The van der Waals surface area contributed by atoms with E-state index in [0.717, 1.165) is 33.4 Å². The molecule has 240 valence electrons. The number of rotatable bonds is 5. The van der Waals surface area contributed by atoms with E-state index in [2.05, 4.69) is 72.8 Å². The molecule has 0 aliphatic carbocycles. The SMILES string of the molecule is c1ccc(-c2nc(-c3ccccc3)nc(-c3cccc(-c4ccc5c(c4)Oc4ccc(-c6cccc7c6sc6ccccc67)cc4O5)c3)n2)cc1. The molecule has 1 aliphatic heterocycles. The van der Waals surface area contributed by atoms with Crippen LogP contribution in [-0.2, 0) is 0 Å². The van der Waals surface area contributed by atoms with Gasteiger partial charge in [0.05, 0.1) is 0 Å². The molecule has 10 rings (SSSR count). The number of benzene rings is 7. The first-order chi connectivity index (χ1) is 25.2. The monoisotopic (exact) mass is 673 g/mol. The summed E-state index contributed by atoms with van der Waals surface area (Å²) >= 11 is 1.82. The van der Waals surface area contributed by atoms with Gasteiger partial charge in [0.15, 0.2) is 40.5 Å². The Bertz CT molecular complexity index is 2700. The van der Waals surface area contributed by atoms with Crippen LogP contribution in [0.1, 0.15) is 0 Å². The number of aromatic nitrogens is 3. The van der Waals surface area contributed by atoms with Crippen molar-refractivity contribution in [3.05, 3.63) is 164 Å². The van der Waals surface area contributed by atoms with Crippen molar-refractivity contribution in [2.45, 2.75) is 0 Å². The molecule has 0 saturated carbocycles. The predicted molar refractivity (Wildman–Crippen MR) is 206 cm³/mol. The molecule has 0 N–H and O–H groups in total. The fourth-order valence-electron chi connectivity index (χ4n) is 6.68. The van der Waals surface area contributed by atoms with Crippen molar-refractivity contribution in [3.8, 4) is 79.4 Å². The van der Waals surface area contributed by atoms with E-state index in [4.69, 9.17) is 24.4 Å². The lowest BCUT2D eigenvalue weighted by Crippen LogP contribution is -2.00. The van der Waals surface area contributed by atoms with Gasteiger partial charge >= 0.3 is 0 Å². The van der Waals surface area contributed by atoms with Gasteiger partial charge in [-0.2, -0.15) is 0 Å². The molecule has 0 bridgehead atoms. The van der Waals surface area contributed by atoms with Crippen molar-refractivity contribution in [2.75, 3.05) is 0 Å². The number of fused-ring (bicyclic) bond motifs is 5. The molecule has 0 atom stereocenters. The Labute approximate surface area is 298 Å². The van der Waals surface area contributed by atoms with E-state index in [0.29, 0.717) is 40.5 Å². The second-order valence-electron chi connectivity index (χ2n) is 12.4. The minimum absolute atomic E-state index is 0.609. The quantitative estimate of drug-likeness (QED) is 0.182. The van der Waals surface area contributed by atoms with Crippen LogP contribution in [0, 0.1) is 0 Å². The van der Waals surface area contributed by atoms with Crippen molar-refractivity contribution in [1.29, 1.82) is 0 Å². The molecule has 0 fully saturated rings. The third-order valence-electron chi connectivity index (χ3n) is 9.20. The summed E-state index contributed by atoms with van der Waals surface area (Å²) in [5.41, 5.74) is 7.06. The third-order valence-corrected chi connectivity index (χ3v) is 10.4. The predicted octanol–water partition coefficient (Wildman–Crippen LogP) is 12.5. The summed E-state index contributed by atoms with van der Waals surface area (Å²) in [6.45, 7) is 0. The van der Waals surface area contributed by atoms with Gasteiger partial charge in [-0.05, 0) is 58.7 Å². The first-order valence-electron chi connectivity index (χ1n) is 16.8. The van der Waals surface area contributed by atoms with Crippen molar-refractivity contribution in [2.24, 2.45) is 0 Å². The minimum Gasteiger partial charge on any atom is -0.449 e. The summed E-state index contributed by atoms with van der Waals surface area (Å²) in [7, 11) is 0. The highest BCUT2D eigenvalue weighted by molar-refractivity contribution is 7.26. The third kappa shape index (κ3) is 5.30. The van der Waals surface area contributed by atoms with Gasteiger partial charge < -0.3 is 9.47 Å². The van der Waals surface area contributed by atoms with Gasteiger partial charge in [-0.1, -0.05) is 127 Å². The average Bonchev–Trinajstić information content (AvgIpc) is 3.59. The Morgan fingerprint density at radius 2 is 0.863 bits per heavy atom. The Morgan fingerprint density at radius 1 is 0.353 bits per heavy atom. The molecule has 0 radical (unpaired) electrons. The molecule has 6 heteroatoms. The highest BCUT2D eigenvalue weighted by atomic mass is 32.1. The molecule has 0 spiro atoms. The molecule has 1 aliphatic rings. The highest BCUT2D eigenvalue weighted by Gasteiger charge is 2.21. The van der Waals surface area contributed by atoms with Gasteiger partial charge in [0, 0.05) is 36.9 Å². The van der Waals surface area contributed by atoms with E-state index in [1.165, 1.54) is 25.7 Å². The summed E-state index contributed by atoms with van der Waals surface area (Å²) in [6, 6.07) is 55.6. The van der Waals surface area contributed by atoms with E-state index in [9.17, 15) is 0 Å². The molecule has 0 amide bonds. The van der Waals surface area contributed by atoms with Gasteiger partial charge in [-0.15, -0.1) is 11.3 Å². The molecule has 0 saturated heterocycles. The van der Waals surface area contributed by atoms with Crippen LogP contribution < -0.4 is 9.47 Å². The molecule has 7 aromatic carbocycles. The molecule has 2 aromatic heterocycles. The van der Waals surface area contributed by atoms with Crippen molar-refractivity contribution in [1.82, 2.24) is 15.0 Å². The second kappa shape index (κ2) is 12.1. The van der Waals surface area contributed by atoms with Gasteiger partial charge in [-0.3, -0.25) is 0 Å². The first-order valence-corrected chi connectivity index (χ1v) is 17.6. The fraction of sp³-hybridized carbons (Fsp3) is 0. The summed E-state index contributed by atoms with van der Waals surface area (Å²) < 4.78 is 15.5. The van der Waals surface area contributed by atoms with E-state index in [-0.39, 0.29) is 0 Å². The zero-order valence-electron chi connectivity index (χ0n) is 27.2. The van der Waals surface area contributed by atoms with Crippen LogP contribution in [0.5, 0.6) is 23.0 Å². The Balaban J connectivity index is 0.976. The number of ether oxygens (including phenoxy) is 2. The number of hydrogen-bond donors (Lipinski definition) is 0. The molecule has 5 nitrogen and oxygen atoms in total. The topological polar surface area (TPSA) is 57.1 Å². The zero-order valence-corrected chi connectivity index (χ0v) is 28.0. The highest BCUT2D eigenvalue weighted by Crippen LogP contribution is 2.49. The van der Waals surface area contributed by atoms with Crippen LogP contribution in [0.15, 0.2) is 164 Å². The maximum absolute atomic E-state index is 6.46. The summed E-state index contributed by atoms with van der Waals surface area (Å²) in [6.07, 6.45) is 0. The van der Waals surface area contributed by atoms with Crippen LogP contribution in [0.25, 0.3) is 76.6 Å². The summed E-state index contributed by atoms with van der Waals surface area (Å²) in [5, 5.41) is 2.56. The van der Waals surface area contributed by atoms with Crippen LogP contribution in [0.3, 0.4) is 0 Å². The normalized spacial score (nSPS) is 11.8. The maximum Gasteiger partial charge on any atom is 0.170 e. The lowest BCUT2D eigenvalue weighted by Gasteiger charge is -2.22. The van der Waals surface area contributed by atoms with Crippen molar-refractivity contribution >= 4 is 31.5 Å². The largest absolute Gasteiger partial charge is 0.449 e. The van der Waals surface area contributed by atoms with Crippen LogP contribution in [0.2, 0.25) is 0 Å². The van der Waals surface area contributed by atoms with E-state index in [1.54, 1.807) is 0 Å². The van der Waals surface area contributed by atoms with Crippen LogP contribution >= 0.6 is 11.3 Å². The van der Waals surface area contributed by atoms with Gasteiger partial charge in [0.25, 0.3) is 0 Å². The van der Waals surface area contributed by atoms with Gasteiger partial charge in [0.2, 0.25) is 0 Å². The van der Waals surface area contributed by atoms with Gasteiger partial charge in [0.1, 0.15) is 0 Å². The molecular formula is C45H27N3O2S. The molecule has 9 aromatic rings.